The molecule has 4 aromatic carbocycles. The number of methoxy groups -OCH3 is 1. The Hall–Kier alpha value is -3.59. The van der Waals surface area contributed by atoms with E-state index in [1.807, 2.05) is 73.7 Å². The van der Waals surface area contributed by atoms with Gasteiger partial charge in [-0.3, -0.25) is 9.69 Å². The lowest BCUT2D eigenvalue weighted by molar-refractivity contribution is 0.0999. The number of hydrogen-bond acceptors (Lipinski definition) is 2. The van der Waals surface area contributed by atoms with Gasteiger partial charge in [0.05, 0.1) is 7.11 Å². The molecule has 0 saturated carbocycles. The Labute approximate surface area is 164 Å². The Morgan fingerprint density at radius 1 is 0.750 bits per heavy atom. The molecule has 0 atom stereocenters. The molecule has 0 aliphatic carbocycles. The van der Waals surface area contributed by atoms with Crippen LogP contribution < -0.4 is 9.64 Å². The van der Waals surface area contributed by atoms with Crippen molar-refractivity contribution in [1.82, 2.24) is 0 Å². The largest absolute Gasteiger partial charge is 0.497 e. The topological polar surface area (TPSA) is 29.5 Å². The number of anilines is 2. The molecular formula is C25H21NO2. The van der Waals surface area contributed by atoms with E-state index >= 15 is 0 Å². The maximum atomic E-state index is 13.5. The minimum absolute atomic E-state index is 0.0974. The third kappa shape index (κ3) is 3.47. The molecule has 3 nitrogen and oxygen atoms in total. The summed E-state index contributed by atoms with van der Waals surface area (Å²) in [6.07, 6.45) is 0. The highest BCUT2D eigenvalue weighted by Gasteiger charge is 2.21. The van der Waals surface area contributed by atoms with Gasteiger partial charge < -0.3 is 4.74 Å². The standard InChI is InChI=1S/C25H21NO2/c1-18-7-5-11-22(15-18)26(25(27)21-10-6-12-24(17-21)28-2)23-14-13-19-8-3-4-9-20(19)16-23/h3-17H,1-2H3. The fourth-order valence-corrected chi connectivity index (χ4v) is 3.35. The number of nitrogens with zero attached hydrogens (tertiary/aromatic N) is 1. The molecule has 0 N–H and O–H groups in total. The molecule has 4 aromatic rings. The minimum Gasteiger partial charge on any atom is -0.497 e. The van der Waals surface area contributed by atoms with Crippen molar-refractivity contribution >= 4 is 28.1 Å². The fourth-order valence-electron chi connectivity index (χ4n) is 3.35. The van der Waals surface area contributed by atoms with Gasteiger partial charge in [0.15, 0.2) is 0 Å². The van der Waals surface area contributed by atoms with Crippen LogP contribution in [0.5, 0.6) is 5.75 Å². The van der Waals surface area contributed by atoms with E-state index in [0.29, 0.717) is 11.3 Å². The van der Waals surface area contributed by atoms with Gasteiger partial charge in [-0.1, -0.05) is 48.5 Å². The van der Waals surface area contributed by atoms with Crippen LogP contribution in [0, 0.1) is 6.92 Å². The number of ether oxygens (including phenoxy) is 1. The van der Waals surface area contributed by atoms with E-state index in [1.165, 1.54) is 0 Å². The van der Waals surface area contributed by atoms with E-state index in [0.717, 1.165) is 27.7 Å². The third-order valence-corrected chi connectivity index (χ3v) is 4.77. The van der Waals surface area contributed by atoms with Crippen LogP contribution in [0.1, 0.15) is 15.9 Å². The molecule has 0 heterocycles. The molecule has 0 fully saturated rings. The summed E-state index contributed by atoms with van der Waals surface area (Å²) in [7, 11) is 1.60. The number of aryl methyl sites for hydroxylation is 1. The van der Waals surface area contributed by atoms with Gasteiger partial charge in [-0.05, 0) is 65.7 Å². The van der Waals surface area contributed by atoms with Crippen molar-refractivity contribution in [2.45, 2.75) is 6.92 Å². The van der Waals surface area contributed by atoms with Crippen LogP contribution in [-0.2, 0) is 0 Å². The Morgan fingerprint density at radius 2 is 1.50 bits per heavy atom. The number of carbonyl (C=O) groups is 1. The van der Waals surface area contributed by atoms with E-state index < -0.39 is 0 Å². The van der Waals surface area contributed by atoms with Crippen molar-refractivity contribution in [3.8, 4) is 5.75 Å². The summed E-state index contributed by atoms with van der Waals surface area (Å²) >= 11 is 0. The van der Waals surface area contributed by atoms with Crippen LogP contribution in [0.4, 0.5) is 11.4 Å². The first kappa shape index (κ1) is 17.8. The first-order valence-corrected chi connectivity index (χ1v) is 9.20. The van der Waals surface area contributed by atoms with Gasteiger partial charge in [0.2, 0.25) is 0 Å². The predicted octanol–water partition coefficient (Wildman–Crippen LogP) is 6.14. The summed E-state index contributed by atoms with van der Waals surface area (Å²) in [6, 6.07) is 29.5. The van der Waals surface area contributed by atoms with Gasteiger partial charge in [0.25, 0.3) is 5.91 Å². The Morgan fingerprint density at radius 3 is 2.29 bits per heavy atom. The van der Waals surface area contributed by atoms with E-state index in [1.54, 1.807) is 18.1 Å². The van der Waals surface area contributed by atoms with Gasteiger partial charge >= 0.3 is 0 Å². The molecule has 0 radical (unpaired) electrons. The number of hydrogen-bond donors (Lipinski definition) is 0. The van der Waals surface area contributed by atoms with E-state index in [-0.39, 0.29) is 5.91 Å². The second kappa shape index (κ2) is 7.57. The van der Waals surface area contributed by atoms with Crippen molar-refractivity contribution in [3.63, 3.8) is 0 Å². The summed E-state index contributed by atoms with van der Waals surface area (Å²) in [5, 5.41) is 2.24. The first-order valence-electron chi connectivity index (χ1n) is 9.20. The van der Waals surface area contributed by atoms with Crippen LogP contribution in [0.15, 0.2) is 91.0 Å². The molecule has 4 rings (SSSR count). The van der Waals surface area contributed by atoms with Crippen LogP contribution in [0.25, 0.3) is 10.8 Å². The number of fused-ring (bicyclic) bond motifs is 1. The van der Waals surface area contributed by atoms with Gasteiger partial charge in [-0.2, -0.15) is 0 Å². The Bertz CT molecular complexity index is 1150. The van der Waals surface area contributed by atoms with Crippen molar-refractivity contribution < 1.29 is 9.53 Å². The third-order valence-electron chi connectivity index (χ3n) is 4.77. The quantitative estimate of drug-likeness (QED) is 0.434. The number of benzene rings is 4. The second-order valence-electron chi connectivity index (χ2n) is 6.74. The molecular weight excluding hydrogens is 346 g/mol. The van der Waals surface area contributed by atoms with Crippen molar-refractivity contribution in [3.05, 3.63) is 102 Å². The molecule has 0 aliphatic heterocycles. The van der Waals surface area contributed by atoms with Gasteiger partial charge in [0.1, 0.15) is 5.75 Å². The minimum atomic E-state index is -0.0974. The van der Waals surface area contributed by atoms with Crippen LogP contribution in [-0.4, -0.2) is 13.0 Å². The fraction of sp³-hybridized carbons (Fsp3) is 0.0800. The second-order valence-corrected chi connectivity index (χ2v) is 6.74. The maximum absolute atomic E-state index is 13.5. The van der Waals surface area contributed by atoms with Gasteiger partial charge in [-0.15, -0.1) is 0 Å². The number of amides is 1. The summed E-state index contributed by atoms with van der Waals surface area (Å²) in [5.74, 6) is 0.563. The van der Waals surface area contributed by atoms with Gasteiger partial charge in [0, 0.05) is 16.9 Å². The number of rotatable bonds is 4. The zero-order chi connectivity index (χ0) is 19.5. The van der Waals surface area contributed by atoms with Gasteiger partial charge in [-0.25, -0.2) is 0 Å². The molecule has 0 aliphatic rings. The normalized spacial score (nSPS) is 10.6. The van der Waals surface area contributed by atoms with Crippen molar-refractivity contribution in [2.24, 2.45) is 0 Å². The Balaban J connectivity index is 1.86. The lowest BCUT2D eigenvalue weighted by Crippen LogP contribution is -2.26. The molecule has 0 bridgehead atoms. The van der Waals surface area contributed by atoms with Crippen molar-refractivity contribution in [1.29, 1.82) is 0 Å². The molecule has 28 heavy (non-hydrogen) atoms. The summed E-state index contributed by atoms with van der Waals surface area (Å²) < 4.78 is 5.30. The Kier molecular flexibility index (Phi) is 4.81. The summed E-state index contributed by atoms with van der Waals surface area (Å²) in [5.41, 5.74) is 3.34. The molecule has 138 valence electrons. The van der Waals surface area contributed by atoms with E-state index in [9.17, 15) is 4.79 Å². The average Bonchev–Trinajstić information content (AvgIpc) is 2.74. The zero-order valence-corrected chi connectivity index (χ0v) is 15.9. The van der Waals surface area contributed by atoms with Crippen LogP contribution >= 0.6 is 0 Å². The first-order chi connectivity index (χ1) is 13.7. The molecule has 0 aromatic heterocycles. The smallest absolute Gasteiger partial charge is 0.262 e. The highest BCUT2D eigenvalue weighted by Crippen LogP contribution is 2.31. The van der Waals surface area contributed by atoms with Crippen LogP contribution in [0.3, 0.4) is 0 Å². The molecule has 1 amide bonds. The SMILES string of the molecule is COc1cccc(C(=O)N(c2cccc(C)c2)c2ccc3ccccc3c2)c1. The molecule has 0 spiro atoms. The maximum Gasteiger partial charge on any atom is 0.262 e. The molecule has 0 saturated heterocycles. The highest BCUT2D eigenvalue weighted by atomic mass is 16.5. The lowest BCUT2D eigenvalue weighted by Gasteiger charge is -2.24. The molecule has 3 heteroatoms. The summed E-state index contributed by atoms with van der Waals surface area (Å²) in [4.78, 5) is 15.3. The average molecular weight is 367 g/mol. The predicted molar refractivity (Wildman–Crippen MR) is 115 cm³/mol. The van der Waals surface area contributed by atoms with Crippen LogP contribution in [0.2, 0.25) is 0 Å². The lowest BCUT2D eigenvalue weighted by atomic mass is 10.1. The monoisotopic (exact) mass is 367 g/mol. The van der Waals surface area contributed by atoms with E-state index in [2.05, 4.69) is 18.2 Å². The van der Waals surface area contributed by atoms with Crippen molar-refractivity contribution in [2.75, 3.05) is 12.0 Å². The van der Waals surface area contributed by atoms with E-state index in [4.69, 9.17) is 4.74 Å². The highest BCUT2D eigenvalue weighted by molar-refractivity contribution is 6.11. The number of carbonyl (C=O) groups excluding carboxylic acids is 1. The molecule has 0 unspecified atom stereocenters. The zero-order valence-electron chi connectivity index (χ0n) is 15.9. The summed E-state index contributed by atoms with van der Waals surface area (Å²) in [6.45, 7) is 2.03.